The fraction of sp³-hybridized carbons (Fsp3) is 0.100. The van der Waals surface area contributed by atoms with E-state index < -0.39 is 0 Å². The highest BCUT2D eigenvalue weighted by Gasteiger charge is 2.15. The van der Waals surface area contributed by atoms with Gasteiger partial charge in [-0.25, -0.2) is 0 Å². The van der Waals surface area contributed by atoms with Gasteiger partial charge in [0.15, 0.2) is 11.5 Å². The molecule has 6 nitrogen and oxygen atoms in total. The molecule has 1 aliphatic heterocycles. The largest absolute Gasteiger partial charge is 0.454 e. The van der Waals surface area contributed by atoms with Crippen LogP contribution in [0.5, 0.6) is 11.5 Å². The first kappa shape index (κ1) is 17.2. The third-order valence-corrected chi connectivity index (χ3v) is 4.35. The van der Waals surface area contributed by atoms with Gasteiger partial charge in [-0.3, -0.25) is 9.59 Å². The maximum Gasteiger partial charge on any atom is 0.257 e. The Hall–Kier alpha value is -3.25. The molecule has 0 aliphatic carbocycles. The van der Waals surface area contributed by atoms with Crippen LogP contribution in [0.25, 0.3) is 0 Å². The maximum absolute atomic E-state index is 12.6. The number of anilines is 1. The van der Waals surface area contributed by atoms with Crippen molar-refractivity contribution in [1.29, 1.82) is 0 Å². The van der Waals surface area contributed by atoms with Crippen LogP contribution in [-0.2, 0) is 6.54 Å². The van der Waals surface area contributed by atoms with Gasteiger partial charge >= 0.3 is 0 Å². The number of benzene rings is 2. The Kier molecular flexibility index (Phi) is 4.56. The van der Waals surface area contributed by atoms with E-state index in [1.807, 2.05) is 12.1 Å². The average molecular weight is 383 g/mol. The van der Waals surface area contributed by atoms with Gasteiger partial charge in [-0.1, -0.05) is 23.7 Å². The highest BCUT2D eigenvalue weighted by molar-refractivity contribution is 6.30. The van der Waals surface area contributed by atoms with E-state index in [1.54, 1.807) is 30.3 Å². The topological polar surface area (TPSA) is 69.6 Å². The van der Waals surface area contributed by atoms with Crippen LogP contribution in [0.1, 0.15) is 15.9 Å². The molecule has 0 spiro atoms. The summed E-state index contributed by atoms with van der Waals surface area (Å²) in [7, 11) is 0. The molecule has 0 saturated heterocycles. The van der Waals surface area contributed by atoms with Crippen LogP contribution >= 0.6 is 11.6 Å². The van der Waals surface area contributed by atoms with Gasteiger partial charge in [-0.15, -0.1) is 0 Å². The normalized spacial score (nSPS) is 12.0. The molecule has 1 amide bonds. The van der Waals surface area contributed by atoms with E-state index in [0.29, 0.717) is 34.3 Å². The van der Waals surface area contributed by atoms with Crippen molar-refractivity contribution in [3.8, 4) is 11.5 Å². The van der Waals surface area contributed by atoms with Crippen LogP contribution in [0.15, 0.2) is 65.6 Å². The lowest BCUT2D eigenvalue weighted by molar-refractivity contribution is 0.102. The first-order valence-corrected chi connectivity index (χ1v) is 8.62. The Bertz CT molecular complexity index is 1080. The van der Waals surface area contributed by atoms with Crippen LogP contribution in [-0.4, -0.2) is 17.3 Å². The van der Waals surface area contributed by atoms with Gasteiger partial charge < -0.3 is 19.4 Å². The van der Waals surface area contributed by atoms with Crippen molar-refractivity contribution in [2.75, 3.05) is 12.1 Å². The molecule has 3 aromatic rings. The zero-order valence-electron chi connectivity index (χ0n) is 14.1. The third kappa shape index (κ3) is 3.80. The maximum atomic E-state index is 12.6. The molecule has 0 unspecified atom stereocenters. The van der Waals surface area contributed by atoms with E-state index >= 15 is 0 Å². The minimum atomic E-state index is -0.325. The minimum absolute atomic E-state index is 0.168. The quantitative estimate of drug-likeness (QED) is 0.749. The van der Waals surface area contributed by atoms with Crippen LogP contribution < -0.4 is 20.3 Å². The highest BCUT2D eigenvalue weighted by atomic mass is 35.5. The lowest BCUT2D eigenvalue weighted by Crippen LogP contribution is -2.22. The van der Waals surface area contributed by atoms with Gasteiger partial charge in [-0.05, 0) is 35.9 Å². The smallest absolute Gasteiger partial charge is 0.257 e. The molecule has 4 rings (SSSR count). The molecular formula is C20H15ClN2O4. The SMILES string of the molecule is O=C(Nc1ccc2c(c1)OCO2)c1ccc(=O)n(Cc2cccc(Cl)c2)c1. The van der Waals surface area contributed by atoms with Crippen LogP contribution in [0.4, 0.5) is 5.69 Å². The highest BCUT2D eigenvalue weighted by Crippen LogP contribution is 2.34. The summed E-state index contributed by atoms with van der Waals surface area (Å²) < 4.78 is 12.0. The average Bonchev–Trinajstić information content (AvgIpc) is 3.11. The molecule has 2 aromatic carbocycles. The fourth-order valence-electron chi connectivity index (χ4n) is 2.80. The van der Waals surface area contributed by atoms with Crippen molar-refractivity contribution < 1.29 is 14.3 Å². The second-order valence-corrected chi connectivity index (χ2v) is 6.47. The second kappa shape index (κ2) is 7.17. The van der Waals surface area contributed by atoms with Crippen LogP contribution in [0.2, 0.25) is 5.02 Å². The molecule has 1 aromatic heterocycles. The van der Waals surface area contributed by atoms with Crippen molar-refractivity contribution in [3.05, 3.63) is 87.3 Å². The number of amides is 1. The van der Waals surface area contributed by atoms with E-state index in [4.69, 9.17) is 21.1 Å². The van der Waals surface area contributed by atoms with E-state index in [0.717, 1.165) is 5.56 Å². The number of nitrogens with zero attached hydrogens (tertiary/aromatic N) is 1. The molecule has 0 radical (unpaired) electrons. The fourth-order valence-corrected chi connectivity index (χ4v) is 3.01. The van der Waals surface area contributed by atoms with E-state index in [2.05, 4.69) is 5.32 Å². The van der Waals surface area contributed by atoms with E-state index in [9.17, 15) is 9.59 Å². The summed E-state index contributed by atoms with van der Waals surface area (Å²) >= 11 is 5.99. The summed E-state index contributed by atoms with van der Waals surface area (Å²) in [6.07, 6.45) is 1.53. The summed E-state index contributed by atoms with van der Waals surface area (Å²) in [6.45, 7) is 0.492. The zero-order valence-corrected chi connectivity index (χ0v) is 14.9. The number of carbonyl (C=O) groups excluding carboxylic acids is 1. The monoisotopic (exact) mass is 382 g/mol. The molecule has 0 bridgehead atoms. The molecule has 27 heavy (non-hydrogen) atoms. The van der Waals surface area contributed by atoms with Gasteiger partial charge in [-0.2, -0.15) is 0 Å². The molecule has 0 saturated carbocycles. The summed E-state index contributed by atoms with van der Waals surface area (Å²) in [5.41, 5.74) is 1.62. The Morgan fingerprint density at radius 3 is 2.78 bits per heavy atom. The number of ether oxygens (including phenoxy) is 2. The Labute approximate surface area is 159 Å². The van der Waals surface area contributed by atoms with Gasteiger partial charge in [0.25, 0.3) is 11.5 Å². The third-order valence-electron chi connectivity index (χ3n) is 4.12. The molecule has 0 fully saturated rings. The lowest BCUT2D eigenvalue weighted by atomic mass is 10.2. The van der Waals surface area contributed by atoms with E-state index in [1.165, 1.54) is 22.9 Å². The van der Waals surface area contributed by atoms with Crippen molar-refractivity contribution in [3.63, 3.8) is 0 Å². The molecule has 0 atom stereocenters. The van der Waals surface area contributed by atoms with E-state index in [-0.39, 0.29) is 18.3 Å². The summed E-state index contributed by atoms with van der Waals surface area (Å²) in [5.74, 6) is 0.899. The number of carbonyl (C=O) groups is 1. The summed E-state index contributed by atoms with van der Waals surface area (Å²) in [5, 5.41) is 3.39. The predicted molar refractivity (Wildman–Crippen MR) is 102 cm³/mol. The summed E-state index contributed by atoms with van der Waals surface area (Å²) in [4.78, 5) is 24.7. The first-order chi connectivity index (χ1) is 13.1. The van der Waals surface area contributed by atoms with Crippen molar-refractivity contribution >= 4 is 23.2 Å². The lowest BCUT2D eigenvalue weighted by Gasteiger charge is -2.10. The second-order valence-electron chi connectivity index (χ2n) is 6.04. The number of nitrogens with one attached hydrogen (secondary N) is 1. The Balaban J connectivity index is 1.55. The molecular weight excluding hydrogens is 368 g/mol. The molecule has 1 N–H and O–H groups in total. The number of halogens is 1. The Morgan fingerprint density at radius 1 is 1.07 bits per heavy atom. The number of aromatic nitrogens is 1. The number of hydrogen-bond acceptors (Lipinski definition) is 4. The molecule has 1 aliphatic rings. The van der Waals surface area contributed by atoms with Crippen molar-refractivity contribution in [2.45, 2.75) is 6.54 Å². The molecule has 7 heteroatoms. The van der Waals surface area contributed by atoms with Gasteiger partial charge in [0.05, 0.1) is 12.1 Å². The van der Waals surface area contributed by atoms with Crippen LogP contribution in [0, 0.1) is 0 Å². The van der Waals surface area contributed by atoms with Crippen molar-refractivity contribution in [1.82, 2.24) is 4.57 Å². The zero-order chi connectivity index (χ0) is 18.8. The number of pyridine rings is 1. The number of fused-ring (bicyclic) bond motifs is 1. The summed E-state index contributed by atoms with van der Waals surface area (Å²) in [6, 6.07) is 15.3. The molecule has 136 valence electrons. The minimum Gasteiger partial charge on any atom is -0.454 e. The Morgan fingerprint density at radius 2 is 1.93 bits per heavy atom. The standard InChI is InChI=1S/C20H15ClN2O4/c21-15-3-1-2-13(8-15)10-23-11-14(4-7-19(23)24)20(25)22-16-5-6-17-18(9-16)27-12-26-17/h1-9,11H,10,12H2,(H,22,25). The van der Waals surface area contributed by atoms with Gasteiger partial charge in [0.1, 0.15) is 0 Å². The number of rotatable bonds is 4. The van der Waals surface area contributed by atoms with Crippen molar-refractivity contribution in [2.24, 2.45) is 0 Å². The first-order valence-electron chi connectivity index (χ1n) is 8.24. The van der Waals surface area contributed by atoms with Gasteiger partial charge in [0, 0.05) is 29.0 Å². The van der Waals surface area contributed by atoms with Crippen LogP contribution in [0.3, 0.4) is 0 Å². The predicted octanol–water partition coefficient (Wildman–Crippen LogP) is 3.53. The van der Waals surface area contributed by atoms with Gasteiger partial charge in [0.2, 0.25) is 6.79 Å². The molecule has 2 heterocycles. The number of hydrogen-bond donors (Lipinski definition) is 1.